The standard InChI is InChI=1S/C17H15ClF2N2O3/c1-10(23)21-14-8-12(19)13(20)9-15(14)22-17(24)6-7-25-16-5-3-2-4-11(16)18/h2-5,8-9H,6-7H2,1H3,(H,21,23)(H,22,24). The molecule has 0 spiro atoms. The lowest BCUT2D eigenvalue weighted by Crippen LogP contribution is -2.18. The SMILES string of the molecule is CC(=O)Nc1cc(F)c(F)cc1NC(=O)CCOc1ccccc1Cl. The second kappa shape index (κ2) is 8.43. The molecule has 8 heteroatoms. The van der Waals surface area contributed by atoms with Crippen molar-refractivity contribution in [2.45, 2.75) is 13.3 Å². The van der Waals surface area contributed by atoms with Gasteiger partial charge in [0.1, 0.15) is 5.75 Å². The molecule has 0 aromatic heterocycles. The predicted octanol–water partition coefficient (Wildman–Crippen LogP) is 3.98. The molecule has 0 aliphatic rings. The Hall–Kier alpha value is -2.67. The molecule has 0 unspecified atom stereocenters. The van der Waals surface area contributed by atoms with E-state index in [0.29, 0.717) is 10.8 Å². The summed E-state index contributed by atoms with van der Waals surface area (Å²) >= 11 is 5.93. The number of halogens is 3. The van der Waals surface area contributed by atoms with Crippen LogP contribution in [0.4, 0.5) is 20.2 Å². The minimum atomic E-state index is -1.14. The Kier molecular flexibility index (Phi) is 6.30. The minimum Gasteiger partial charge on any atom is -0.491 e. The van der Waals surface area contributed by atoms with Gasteiger partial charge in [0.2, 0.25) is 11.8 Å². The number of hydrogen-bond donors (Lipinski definition) is 2. The Bertz CT molecular complexity index is 799. The van der Waals surface area contributed by atoms with Gasteiger partial charge in [-0.2, -0.15) is 0 Å². The Labute approximate surface area is 147 Å². The number of carbonyl (C=O) groups is 2. The van der Waals surface area contributed by atoms with Crippen LogP contribution in [0.5, 0.6) is 5.75 Å². The van der Waals surface area contributed by atoms with Crippen LogP contribution in [-0.4, -0.2) is 18.4 Å². The molecule has 25 heavy (non-hydrogen) atoms. The maximum absolute atomic E-state index is 13.4. The van der Waals surface area contributed by atoms with Crippen molar-refractivity contribution in [2.24, 2.45) is 0 Å². The lowest BCUT2D eigenvalue weighted by atomic mass is 10.2. The van der Waals surface area contributed by atoms with E-state index < -0.39 is 23.4 Å². The van der Waals surface area contributed by atoms with Crippen molar-refractivity contribution in [3.63, 3.8) is 0 Å². The molecule has 0 saturated heterocycles. The van der Waals surface area contributed by atoms with Gasteiger partial charge in [-0.1, -0.05) is 23.7 Å². The maximum Gasteiger partial charge on any atom is 0.227 e. The number of carbonyl (C=O) groups excluding carboxylic acids is 2. The molecule has 2 aromatic rings. The number of rotatable bonds is 6. The Balaban J connectivity index is 1.99. The van der Waals surface area contributed by atoms with Crippen molar-refractivity contribution < 1.29 is 23.1 Å². The quantitative estimate of drug-likeness (QED) is 0.810. The van der Waals surface area contributed by atoms with E-state index in [4.69, 9.17) is 16.3 Å². The summed E-state index contributed by atoms with van der Waals surface area (Å²) in [5.41, 5.74) is -0.0800. The van der Waals surface area contributed by atoms with E-state index in [2.05, 4.69) is 10.6 Å². The number of ether oxygens (including phenoxy) is 1. The van der Waals surface area contributed by atoms with Gasteiger partial charge in [-0.05, 0) is 12.1 Å². The third kappa shape index (κ3) is 5.42. The number of hydrogen-bond acceptors (Lipinski definition) is 3. The van der Waals surface area contributed by atoms with Crippen LogP contribution in [0.25, 0.3) is 0 Å². The third-order valence-corrected chi connectivity index (χ3v) is 3.38. The van der Waals surface area contributed by atoms with Crippen molar-refractivity contribution >= 4 is 34.8 Å². The van der Waals surface area contributed by atoms with Crippen LogP contribution in [0.1, 0.15) is 13.3 Å². The molecular formula is C17H15ClF2N2O3. The van der Waals surface area contributed by atoms with E-state index in [1.807, 2.05) is 0 Å². The Morgan fingerprint density at radius 1 is 1.08 bits per heavy atom. The van der Waals surface area contributed by atoms with E-state index in [9.17, 15) is 18.4 Å². The normalized spacial score (nSPS) is 10.2. The second-order valence-corrected chi connectivity index (χ2v) is 5.48. The first-order valence-corrected chi connectivity index (χ1v) is 7.68. The van der Waals surface area contributed by atoms with E-state index in [0.717, 1.165) is 12.1 Å². The van der Waals surface area contributed by atoms with Crippen LogP contribution in [0.2, 0.25) is 5.02 Å². The fraction of sp³-hybridized carbons (Fsp3) is 0.176. The fourth-order valence-corrected chi connectivity index (χ4v) is 2.16. The predicted molar refractivity (Wildman–Crippen MR) is 90.9 cm³/mol. The molecule has 5 nitrogen and oxygen atoms in total. The lowest BCUT2D eigenvalue weighted by Gasteiger charge is -2.13. The molecule has 0 fully saturated rings. The van der Waals surface area contributed by atoms with Gasteiger partial charge < -0.3 is 15.4 Å². The van der Waals surface area contributed by atoms with Crippen molar-refractivity contribution in [1.82, 2.24) is 0 Å². The topological polar surface area (TPSA) is 67.4 Å². The van der Waals surface area contributed by atoms with Crippen LogP contribution in [-0.2, 0) is 9.59 Å². The van der Waals surface area contributed by atoms with Gasteiger partial charge in [-0.15, -0.1) is 0 Å². The number of nitrogens with one attached hydrogen (secondary N) is 2. The molecular weight excluding hydrogens is 354 g/mol. The van der Waals surface area contributed by atoms with Crippen molar-refractivity contribution in [2.75, 3.05) is 17.2 Å². The van der Waals surface area contributed by atoms with Gasteiger partial charge in [0.25, 0.3) is 0 Å². The summed E-state index contributed by atoms with van der Waals surface area (Å²) < 4.78 is 32.1. The zero-order valence-corrected chi connectivity index (χ0v) is 14.0. The first kappa shape index (κ1) is 18.7. The summed E-state index contributed by atoms with van der Waals surface area (Å²) in [6, 6.07) is 8.39. The van der Waals surface area contributed by atoms with Gasteiger partial charge in [0, 0.05) is 19.1 Å². The molecule has 0 aliphatic heterocycles. The number of para-hydroxylation sites is 1. The molecule has 2 aromatic carbocycles. The first-order chi connectivity index (χ1) is 11.9. The summed E-state index contributed by atoms with van der Waals surface area (Å²) in [7, 11) is 0. The van der Waals surface area contributed by atoms with Crippen LogP contribution < -0.4 is 15.4 Å². The Morgan fingerprint density at radius 3 is 2.28 bits per heavy atom. The summed E-state index contributed by atoms with van der Waals surface area (Å²) in [6.45, 7) is 1.25. The zero-order valence-electron chi connectivity index (χ0n) is 13.2. The number of anilines is 2. The smallest absolute Gasteiger partial charge is 0.227 e. The van der Waals surface area contributed by atoms with Crippen LogP contribution in [0, 0.1) is 11.6 Å². The lowest BCUT2D eigenvalue weighted by molar-refractivity contribution is -0.117. The van der Waals surface area contributed by atoms with Gasteiger partial charge in [0.05, 0.1) is 29.4 Å². The fourth-order valence-electron chi connectivity index (χ4n) is 1.97. The van der Waals surface area contributed by atoms with Gasteiger partial charge in [0.15, 0.2) is 11.6 Å². The van der Waals surface area contributed by atoms with Crippen LogP contribution in [0.15, 0.2) is 36.4 Å². The summed E-state index contributed by atoms with van der Waals surface area (Å²) in [6.07, 6.45) is -0.0519. The first-order valence-electron chi connectivity index (χ1n) is 7.30. The van der Waals surface area contributed by atoms with E-state index >= 15 is 0 Å². The summed E-state index contributed by atoms with van der Waals surface area (Å²) in [5, 5.41) is 5.15. The van der Waals surface area contributed by atoms with Crippen molar-refractivity contribution in [1.29, 1.82) is 0 Å². The average Bonchev–Trinajstić information content (AvgIpc) is 2.53. The molecule has 132 valence electrons. The van der Waals surface area contributed by atoms with E-state index in [1.165, 1.54) is 6.92 Å². The van der Waals surface area contributed by atoms with Gasteiger partial charge >= 0.3 is 0 Å². The second-order valence-electron chi connectivity index (χ2n) is 5.07. The highest BCUT2D eigenvalue weighted by molar-refractivity contribution is 6.32. The number of amides is 2. The minimum absolute atomic E-state index is 0.0354. The summed E-state index contributed by atoms with van der Waals surface area (Å²) in [5.74, 6) is -2.82. The highest BCUT2D eigenvalue weighted by Crippen LogP contribution is 2.26. The van der Waals surface area contributed by atoms with Crippen molar-refractivity contribution in [3.8, 4) is 5.75 Å². The zero-order chi connectivity index (χ0) is 18.4. The van der Waals surface area contributed by atoms with E-state index in [1.54, 1.807) is 24.3 Å². The molecule has 0 heterocycles. The highest BCUT2D eigenvalue weighted by atomic mass is 35.5. The molecule has 2 N–H and O–H groups in total. The molecule has 0 atom stereocenters. The van der Waals surface area contributed by atoms with Crippen molar-refractivity contribution in [3.05, 3.63) is 53.1 Å². The highest BCUT2D eigenvalue weighted by Gasteiger charge is 2.13. The van der Waals surface area contributed by atoms with Crippen LogP contribution >= 0.6 is 11.6 Å². The molecule has 0 bridgehead atoms. The largest absolute Gasteiger partial charge is 0.491 e. The van der Waals surface area contributed by atoms with Crippen LogP contribution in [0.3, 0.4) is 0 Å². The maximum atomic E-state index is 13.4. The van der Waals surface area contributed by atoms with Gasteiger partial charge in [-0.25, -0.2) is 8.78 Å². The molecule has 2 rings (SSSR count). The van der Waals surface area contributed by atoms with Gasteiger partial charge in [-0.3, -0.25) is 9.59 Å². The molecule has 0 radical (unpaired) electrons. The molecule has 0 saturated carbocycles. The van der Waals surface area contributed by atoms with E-state index in [-0.39, 0.29) is 24.4 Å². The third-order valence-electron chi connectivity index (χ3n) is 3.07. The molecule has 0 aliphatic carbocycles. The monoisotopic (exact) mass is 368 g/mol. The summed E-state index contributed by atoms with van der Waals surface area (Å²) in [4.78, 5) is 23.1. The molecule has 2 amide bonds. The average molecular weight is 369 g/mol. The number of benzene rings is 2. The Morgan fingerprint density at radius 2 is 1.68 bits per heavy atom.